The fourth-order valence-corrected chi connectivity index (χ4v) is 4.02. The van der Waals surface area contributed by atoms with Crippen molar-refractivity contribution in [1.29, 1.82) is 0 Å². The minimum Gasteiger partial charge on any atom is -0.347 e. The first kappa shape index (κ1) is 18.1. The molecule has 0 N–H and O–H groups in total. The number of allylic oxidation sites excluding steroid dienone is 1. The van der Waals surface area contributed by atoms with Crippen molar-refractivity contribution in [3.63, 3.8) is 0 Å². The summed E-state index contributed by atoms with van der Waals surface area (Å²) >= 11 is 3.86. The quantitative estimate of drug-likeness (QED) is 0.237. The fourth-order valence-electron chi connectivity index (χ4n) is 3.34. The van der Waals surface area contributed by atoms with Crippen LogP contribution in [0.15, 0.2) is 37.2 Å². The number of halogens is 1. The molecule has 1 aliphatic heterocycles. The van der Waals surface area contributed by atoms with Gasteiger partial charge in [0.2, 0.25) is 0 Å². The molecule has 1 aliphatic rings. The Bertz CT molecular complexity index is 542. The molecule has 0 amide bonds. The molecule has 0 aromatic heterocycles. The molecule has 1 atom stereocenters. The van der Waals surface area contributed by atoms with Crippen LogP contribution in [0.25, 0.3) is 0 Å². The van der Waals surface area contributed by atoms with Gasteiger partial charge in [0.05, 0.1) is 0 Å². The van der Waals surface area contributed by atoms with Gasteiger partial charge in [0.25, 0.3) is 0 Å². The van der Waals surface area contributed by atoms with E-state index in [0.717, 1.165) is 13.0 Å². The Hall–Kier alpha value is -1.22. The zero-order valence-electron chi connectivity index (χ0n) is 14.7. The maximum atomic E-state index is 3.86. The van der Waals surface area contributed by atoms with E-state index >= 15 is 0 Å². The molecule has 0 radical (unpaired) electrons. The van der Waals surface area contributed by atoms with Gasteiger partial charge in [0.1, 0.15) is 0 Å². The highest BCUT2D eigenvalue weighted by Gasteiger charge is 2.26. The van der Waals surface area contributed by atoms with Gasteiger partial charge in [-0.15, -0.1) is 6.58 Å². The van der Waals surface area contributed by atoms with E-state index in [2.05, 4.69) is 77.6 Å². The van der Waals surface area contributed by atoms with Gasteiger partial charge in [-0.25, -0.2) is 0 Å². The number of unbranched alkanes of at least 4 members (excludes halogenated alkanes) is 4. The number of benzene rings is 1. The van der Waals surface area contributed by atoms with Crippen LogP contribution in [-0.2, 0) is 0 Å². The van der Waals surface area contributed by atoms with E-state index in [1.165, 1.54) is 48.1 Å². The molecule has 0 fully saturated rings. The average molecular weight is 377 g/mol. The van der Waals surface area contributed by atoms with Crippen LogP contribution in [0.3, 0.4) is 0 Å². The SMILES string of the molecule is C=CCCCCCCN1C=CN(c2c(C)cc(C)cc2C)C1Br. The summed E-state index contributed by atoms with van der Waals surface area (Å²) in [6, 6.07) is 4.52. The molecule has 1 aromatic carbocycles. The van der Waals surface area contributed by atoms with Crippen LogP contribution in [-0.4, -0.2) is 16.5 Å². The van der Waals surface area contributed by atoms with Gasteiger partial charge in [0.15, 0.2) is 5.08 Å². The number of rotatable bonds is 8. The van der Waals surface area contributed by atoms with Crippen LogP contribution in [0.5, 0.6) is 0 Å². The molecule has 126 valence electrons. The van der Waals surface area contributed by atoms with Gasteiger partial charge in [-0.05, 0) is 67.1 Å². The highest BCUT2D eigenvalue weighted by molar-refractivity contribution is 9.09. The monoisotopic (exact) mass is 376 g/mol. The zero-order valence-corrected chi connectivity index (χ0v) is 16.3. The number of hydrogen-bond acceptors (Lipinski definition) is 2. The van der Waals surface area contributed by atoms with Crippen LogP contribution in [0.4, 0.5) is 5.69 Å². The van der Waals surface area contributed by atoms with E-state index in [1.807, 2.05) is 6.08 Å². The topological polar surface area (TPSA) is 6.48 Å². The van der Waals surface area contributed by atoms with E-state index in [9.17, 15) is 0 Å². The van der Waals surface area contributed by atoms with Gasteiger partial charge in [0, 0.05) is 24.6 Å². The molecule has 0 saturated heterocycles. The number of nitrogens with zero attached hydrogens (tertiary/aromatic N) is 2. The Morgan fingerprint density at radius 3 is 2.35 bits per heavy atom. The van der Waals surface area contributed by atoms with Crippen LogP contribution in [0.1, 0.15) is 48.8 Å². The normalized spacial score (nSPS) is 17.1. The number of alkyl halides is 1. The second-order valence-corrected chi connectivity index (χ2v) is 7.31. The molecule has 0 aliphatic carbocycles. The first-order chi connectivity index (χ1) is 11.0. The molecule has 0 spiro atoms. The standard InChI is InChI=1S/C20H29BrN2/c1-5-6-7-8-9-10-11-22-12-13-23(20(22)21)19-17(3)14-16(2)15-18(19)4/h5,12-15,20H,1,6-11H2,2-4H3. The maximum absolute atomic E-state index is 3.86. The third-order valence-electron chi connectivity index (χ3n) is 4.39. The maximum Gasteiger partial charge on any atom is 0.163 e. The minimum absolute atomic E-state index is 0.218. The van der Waals surface area contributed by atoms with Gasteiger partial charge >= 0.3 is 0 Å². The fraction of sp³-hybridized carbons (Fsp3) is 0.500. The first-order valence-electron chi connectivity index (χ1n) is 8.60. The van der Waals surface area contributed by atoms with E-state index in [1.54, 1.807) is 0 Å². The van der Waals surface area contributed by atoms with Crippen molar-refractivity contribution >= 4 is 21.6 Å². The summed E-state index contributed by atoms with van der Waals surface area (Å²) in [5, 5.41) is 0.218. The van der Waals surface area contributed by atoms with Crippen molar-refractivity contribution in [2.24, 2.45) is 0 Å². The van der Waals surface area contributed by atoms with E-state index in [4.69, 9.17) is 0 Å². The second-order valence-electron chi connectivity index (χ2n) is 6.49. The number of hydrogen-bond donors (Lipinski definition) is 0. The molecule has 0 saturated carbocycles. The third-order valence-corrected chi connectivity index (χ3v) is 5.36. The number of aryl methyl sites for hydroxylation is 3. The van der Waals surface area contributed by atoms with Gasteiger partial charge in [-0.3, -0.25) is 0 Å². The molecule has 0 bridgehead atoms. The van der Waals surface area contributed by atoms with Crippen molar-refractivity contribution < 1.29 is 0 Å². The van der Waals surface area contributed by atoms with Crippen molar-refractivity contribution in [2.45, 2.75) is 58.0 Å². The molecule has 23 heavy (non-hydrogen) atoms. The first-order valence-corrected chi connectivity index (χ1v) is 9.51. The average Bonchev–Trinajstić information content (AvgIpc) is 2.83. The lowest BCUT2D eigenvalue weighted by atomic mass is 10.0. The molecule has 3 heteroatoms. The molecular formula is C20H29BrN2. The summed E-state index contributed by atoms with van der Waals surface area (Å²) in [7, 11) is 0. The third kappa shape index (κ3) is 4.63. The van der Waals surface area contributed by atoms with Crippen molar-refractivity contribution in [1.82, 2.24) is 4.90 Å². The van der Waals surface area contributed by atoms with Crippen LogP contribution >= 0.6 is 15.9 Å². The van der Waals surface area contributed by atoms with E-state index in [-0.39, 0.29) is 5.08 Å². The van der Waals surface area contributed by atoms with Crippen LogP contribution < -0.4 is 4.90 Å². The lowest BCUT2D eigenvalue weighted by molar-refractivity contribution is 0.369. The van der Waals surface area contributed by atoms with Crippen molar-refractivity contribution in [2.75, 3.05) is 11.4 Å². The van der Waals surface area contributed by atoms with Gasteiger partial charge in [-0.2, -0.15) is 0 Å². The second kappa shape index (κ2) is 8.58. The summed E-state index contributed by atoms with van der Waals surface area (Å²) in [5.41, 5.74) is 5.32. The Morgan fingerprint density at radius 1 is 1.04 bits per heavy atom. The molecule has 1 heterocycles. The lowest BCUT2D eigenvalue weighted by Gasteiger charge is -2.30. The number of anilines is 1. The Labute approximate surface area is 150 Å². The summed E-state index contributed by atoms with van der Waals surface area (Å²) in [6.07, 6.45) is 12.7. The summed E-state index contributed by atoms with van der Waals surface area (Å²) < 4.78 is 0. The molecular weight excluding hydrogens is 348 g/mol. The van der Waals surface area contributed by atoms with Crippen molar-refractivity contribution in [3.05, 3.63) is 53.9 Å². The Morgan fingerprint density at radius 2 is 1.70 bits per heavy atom. The predicted octanol–water partition coefficient (Wildman–Crippen LogP) is 6.02. The van der Waals surface area contributed by atoms with Crippen LogP contribution in [0, 0.1) is 20.8 Å². The summed E-state index contributed by atoms with van der Waals surface area (Å²) in [6.45, 7) is 11.4. The van der Waals surface area contributed by atoms with Crippen molar-refractivity contribution in [3.8, 4) is 0 Å². The lowest BCUT2D eigenvalue weighted by Crippen LogP contribution is -2.34. The summed E-state index contributed by atoms with van der Waals surface area (Å²) in [4.78, 5) is 4.72. The molecule has 2 nitrogen and oxygen atoms in total. The minimum atomic E-state index is 0.218. The zero-order chi connectivity index (χ0) is 16.8. The van der Waals surface area contributed by atoms with Gasteiger partial charge < -0.3 is 9.80 Å². The highest BCUT2D eigenvalue weighted by Crippen LogP contribution is 2.34. The Kier molecular flexibility index (Phi) is 6.76. The van der Waals surface area contributed by atoms with E-state index < -0.39 is 0 Å². The molecule has 1 unspecified atom stereocenters. The smallest absolute Gasteiger partial charge is 0.163 e. The predicted molar refractivity (Wildman–Crippen MR) is 105 cm³/mol. The largest absolute Gasteiger partial charge is 0.347 e. The molecule has 2 rings (SSSR count). The van der Waals surface area contributed by atoms with Gasteiger partial charge in [-0.1, -0.05) is 36.6 Å². The molecule has 1 aromatic rings. The van der Waals surface area contributed by atoms with Crippen LogP contribution in [0.2, 0.25) is 0 Å². The Balaban J connectivity index is 1.91. The summed E-state index contributed by atoms with van der Waals surface area (Å²) in [5.74, 6) is 0. The highest BCUT2D eigenvalue weighted by atomic mass is 79.9. The van der Waals surface area contributed by atoms with E-state index in [0.29, 0.717) is 0 Å².